The zero-order valence-corrected chi connectivity index (χ0v) is 12.3. The average Bonchev–Trinajstić information content (AvgIpc) is 3.10. The fraction of sp³-hybridized carbons (Fsp3) is 0.214. The van der Waals surface area contributed by atoms with Crippen molar-refractivity contribution in [2.75, 3.05) is 5.32 Å². The van der Waals surface area contributed by atoms with Crippen LogP contribution in [-0.2, 0) is 11.3 Å². The molecule has 8 nitrogen and oxygen atoms in total. The second kappa shape index (κ2) is 5.76. The van der Waals surface area contributed by atoms with Gasteiger partial charge in [-0.15, -0.1) is 0 Å². The number of hydrogen-bond acceptors (Lipinski definition) is 5. The smallest absolute Gasteiger partial charge is 0.246 e. The Bertz CT molecular complexity index is 791. The number of nitrogens with one attached hydrogen (secondary N) is 1. The van der Waals surface area contributed by atoms with E-state index in [2.05, 4.69) is 25.5 Å². The van der Waals surface area contributed by atoms with Crippen LogP contribution in [0.1, 0.15) is 11.4 Å². The summed E-state index contributed by atoms with van der Waals surface area (Å²) in [6.07, 6.45) is 6.35. The number of aromatic nitrogens is 6. The van der Waals surface area contributed by atoms with Crippen molar-refractivity contribution in [2.24, 2.45) is 0 Å². The number of rotatable bonds is 4. The minimum absolute atomic E-state index is 0.132. The Morgan fingerprint density at radius 1 is 1.36 bits per heavy atom. The van der Waals surface area contributed by atoms with E-state index in [0.29, 0.717) is 11.5 Å². The molecule has 3 heterocycles. The van der Waals surface area contributed by atoms with E-state index in [9.17, 15) is 4.79 Å². The second-order valence-corrected chi connectivity index (χ2v) is 4.84. The normalized spacial score (nSPS) is 10.6. The van der Waals surface area contributed by atoms with E-state index in [1.165, 1.54) is 6.33 Å². The molecule has 0 spiro atoms. The molecule has 0 aliphatic rings. The van der Waals surface area contributed by atoms with E-state index in [1.807, 2.05) is 19.9 Å². The SMILES string of the molecule is Cc1cc(C)n(CC(=O)Nc2cncnc2-n2cccn2)n1. The van der Waals surface area contributed by atoms with Crippen LogP contribution < -0.4 is 5.32 Å². The standard InChI is InChI=1S/C14H15N7O/c1-10-6-11(2)21(19-10)8-13(22)18-12-7-15-9-16-14(12)20-5-3-4-17-20/h3-7,9H,8H2,1-2H3,(H,18,22). The van der Waals surface area contributed by atoms with Crippen LogP contribution in [0.3, 0.4) is 0 Å². The lowest BCUT2D eigenvalue weighted by atomic mass is 10.4. The van der Waals surface area contributed by atoms with Crippen molar-refractivity contribution in [3.63, 3.8) is 0 Å². The van der Waals surface area contributed by atoms with Gasteiger partial charge in [-0.25, -0.2) is 14.6 Å². The van der Waals surface area contributed by atoms with Gasteiger partial charge in [0.15, 0.2) is 5.82 Å². The minimum atomic E-state index is -0.200. The quantitative estimate of drug-likeness (QED) is 0.779. The van der Waals surface area contributed by atoms with E-state index >= 15 is 0 Å². The highest BCUT2D eigenvalue weighted by Gasteiger charge is 2.12. The highest BCUT2D eigenvalue weighted by Crippen LogP contribution is 2.15. The van der Waals surface area contributed by atoms with Crippen LogP contribution in [0.2, 0.25) is 0 Å². The molecule has 3 rings (SSSR count). The first kappa shape index (κ1) is 13.9. The number of nitrogens with zero attached hydrogens (tertiary/aromatic N) is 6. The summed E-state index contributed by atoms with van der Waals surface area (Å²) in [4.78, 5) is 20.3. The van der Waals surface area contributed by atoms with Gasteiger partial charge < -0.3 is 5.32 Å². The van der Waals surface area contributed by atoms with Gasteiger partial charge in [0.25, 0.3) is 0 Å². The predicted octanol–water partition coefficient (Wildman–Crippen LogP) is 1.11. The number of carbonyl (C=O) groups excluding carboxylic acids is 1. The number of anilines is 1. The molecular formula is C14H15N7O. The Morgan fingerprint density at radius 2 is 2.23 bits per heavy atom. The summed E-state index contributed by atoms with van der Waals surface area (Å²) in [6, 6.07) is 3.71. The fourth-order valence-electron chi connectivity index (χ4n) is 2.15. The van der Waals surface area contributed by atoms with Gasteiger partial charge in [0.05, 0.1) is 11.9 Å². The maximum atomic E-state index is 12.2. The summed E-state index contributed by atoms with van der Waals surface area (Å²) >= 11 is 0. The van der Waals surface area contributed by atoms with E-state index < -0.39 is 0 Å². The number of amides is 1. The van der Waals surface area contributed by atoms with Gasteiger partial charge in [-0.3, -0.25) is 9.48 Å². The molecule has 0 radical (unpaired) electrons. The molecule has 0 saturated heterocycles. The third kappa shape index (κ3) is 2.85. The molecule has 0 saturated carbocycles. The highest BCUT2D eigenvalue weighted by molar-refractivity contribution is 5.91. The van der Waals surface area contributed by atoms with Crippen molar-refractivity contribution in [3.8, 4) is 5.82 Å². The predicted molar refractivity (Wildman–Crippen MR) is 79.5 cm³/mol. The van der Waals surface area contributed by atoms with Crippen LogP contribution >= 0.6 is 0 Å². The maximum Gasteiger partial charge on any atom is 0.246 e. The Kier molecular flexibility index (Phi) is 3.65. The van der Waals surface area contributed by atoms with Gasteiger partial charge in [0.1, 0.15) is 18.6 Å². The van der Waals surface area contributed by atoms with Gasteiger partial charge in [-0.2, -0.15) is 10.2 Å². The molecule has 0 aliphatic heterocycles. The molecule has 0 aliphatic carbocycles. The van der Waals surface area contributed by atoms with Crippen molar-refractivity contribution >= 4 is 11.6 Å². The van der Waals surface area contributed by atoms with Crippen molar-refractivity contribution < 1.29 is 4.79 Å². The molecule has 0 atom stereocenters. The molecule has 3 aromatic heterocycles. The first-order chi connectivity index (χ1) is 10.6. The Labute approximate surface area is 126 Å². The van der Waals surface area contributed by atoms with Gasteiger partial charge in [-0.05, 0) is 26.0 Å². The zero-order valence-electron chi connectivity index (χ0n) is 12.3. The monoisotopic (exact) mass is 297 g/mol. The lowest BCUT2D eigenvalue weighted by Crippen LogP contribution is -2.21. The molecule has 1 N–H and O–H groups in total. The van der Waals surface area contributed by atoms with Gasteiger partial charge >= 0.3 is 0 Å². The third-order valence-corrected chi connectivity index (χ3v) is 3.08. The van der Waals surface area contributed by atoms with Gasteiger partial charge in [0.2, 0.25) is 5.91 Å². The van der Waals surface area contributed by atoms with Gasteiger partial charge in [-0.1, -0.05) is 0 Å². The first-order valence-corrected chi connectivity index (χ1v) is 6.74. The molecular weight excluding hydrogens is 282 g/mol. The first-order valence-electron chi connectivity index (χ1n) is 6.74. The van der Waals surface area contributed by atoms with Crippen molar-refractivity contribution in [1.29, 1.82) is 0 Å². The van der Waals surface area contributed by atoms with Crippen LogP contribution in [0.5, 0.6) is 0 Å². The summed E-state index contributed by atoms with van der Waals surface area (Å²) in [5, 5.41) is 11.2. The van der Waals surface area contributed by atoms with Gasteiger partial charge in [0, 0.05) is 18.1 Å². The molecule has 22 heavy (non-hydrogen) atoms. The van der Waals surface area contributed by atoms with E-state index in [4.69, 9.17) is 0 Å². The van der Waals surface area contributed by atoms with E-state index in [1.54, 1.807) is 34.0 Å². The topological polar surface area (TPSA) is 90.5 Å². The van der Waals surface area contributed by atoms with Crippen molar-refractivity contribution in [2.45, 2.75) is 20.4 Å². The van der Waals surface area contributed by atoms with Crippen LogP contribution in [-0.4, -0.2) is 35.4 Å². The molecule has 8 heteroatoms. The average molecular weight is 297 g/mol. The second-order valence-electron chi connectivity index (χ2n) is 4.84. The maximum absolute atomic E-state index is 12.2. The Balaban J connectivity index is 1.79. The Morgan fingerprint density at radius 3 is 2.91 bits per heavy atom. The van der Waals surface area contributed by atoms with Crippen LogP contribution in [0, 0.1) is 13.8 Å². The number of carbonyl (C=O) groups is 1. The highest BCUT2D eigenvalue weighted by atomic mass is 16.2. The summed E-state index contributed by atoms with van der Waals surface area (Å²) in [6.45, 7) is 3.93. The minimum Gasteiger partial charge on any atom is -0.320 e. The fourth-order valence-corrected chi connectivity index (χ4v) is 2.15. The molecule has 0 bridgehead atoms. The third-order valence-electron chi connectivity index (χ3n) is 3.08. The molecule has 0 unspecified atom stereocenters. The summed E-state index contributed by atoms with van der Waals surface area (Å²) < 4.78 is 3.22. The summed E-state index contributed by atoms with van der Waals surface area (Å²) in [5.74, 6) is 0.316. The zero-order chi connectivity index (χ0) is 15.5. The molecule has 1 amide bonds. The van der Waals surface area contributed by atoms with Crippen LogP contribution in [0.15, 0.2) is 37.1 Å². The summed E-state index contributed by atoms with van der Waals surface area (Å²) in [7, 11) is 0. The molecule has 0 aromatic carbocycles. The number of hydrogen-bond donors (Lipinski definition) is 1. The molecule has 112 valence electrons. The summed E-state index contributed by atoms with van der Waals surface area (Å²) in [5.41, 5.74) is 2.31. The molecule has 3 aromatic rings. The number of aryl methyl sites for hydroxylation is 2. The largest absolute Gasteiger partial charge is 0.320 e. The van der Waals surface area contributed by atoms with Crippen molar-refractivity contribution in [1.82, 2.24) is 29.5 Å². The van der Waals surface area contributed by atoms with E-state index in [-0.39, 0.29) is 12.5 Å². The van der Waals surface area contributed by atoms with Crippen LogP contribution in [0.4, 0.5) is 5.69 Å². The molecule has 0 fully saturated rings. The van der Waals surface area contributed by atoms with Crippen LogP contribution in [0.25, 0.3) is 5.82 Å². The Hall–Kier alpha value is -3.03. The van der Waals surface area contributed by atoms with Crippen molar-refractivity contribution in [3.05, 3.63) is 48.4 Å². The lowest BCUT2D eigenvalue weighted by molar-refractivity contribution is -0.116. The van der Waals surface area contributed by atoms with E-state index in [0.717, 1.165) is 11.4 Å². The lowest BCUT2D eigenvalue weighted by Gasteiger charge is -2.10.